The first kappa shape index (κ1) is 29.2. The van der Waals surface area contributed by atoms with Crippen molar-refractivity contribution in [2.24, 2.45) is 5.92 Å². The molecule has 0 unspecified atom stereocenters. The van der Waals surface area contributed by atoms with Crippen molar-refractivity contribution in [2.45, 2.75) is 23.6 Å². The largest absolute Gasteiger partial charge is 0.326 e. The minimum absolute atomic E-state index is 0.0127. The highest BCUT2D eigenvalue weighted by molar-refractivity contribution is 9.10. The maximum atomic E-state index is 14.8. The van der Waals surface area contributed by atoms with Crippen molar-refractivity contribution in [3.8, 4) is 0 Å². The van der Waals surface area contributed by atoms with Gasteiger partial charge in [-0.1, -0.05) is 24.6 Å². The minimum atomic E-state index is -1.45. The highest BCUT2D eigenvalue weighted by atomic mass is 79.9. The number of alkyl halides is 2. The van der Waals surface area contributed by atoms with Crippen molar-refractivity contribution in [3.05, 3.63) is 86.6 Å². The number of benzene rings is 3. The van der Waals surface area contributed by atoms with E-state index in [0.717, 1.165) is 12.1 Å². The Morgan fingerprint density at radius 3 is 2.31 bits per heavy atom. The van der Waals surface area contributed by atoms with E-state index in [1.165, 1.54) is 43.3 Å². The lowest BCUT2D eigenvalue weighted by Gasteiger charge is -2.13. The summed E-state index contributed by atoms with van der Waals surface area (Å²) in [6.45, 7) is 1.51. The molecule has 2 atom stereocenters. The zero-order valence-corrected chi connectivity index (χ0v) is 23.7. The Morgan fingerprint density at radius 2 is 1.64 bits per heavy atom. The van der Waals surface area contributed by atoms with E-state index in [-0.39, 0.29) is 27.2 Å². The summed E-state index contributed by atoms with van der Waals surface area (Å²) in [5, 5.41) is 7.01. The van der Waals surface area contributed by atoms with Gasteiger partial charge in [0.05, 0.1) is 26.7 Å². The molecule has 0 heterocycles. The molecule has 3 aromatic rings. The van der Waals surface area contributed by atoms with Gasteiger partial charge in [0, 0.05) is 18.0 Å². The highest BCUT2D eigenvalue weighted by Crippen LogP contribution is 2.65. The molecule has 3 amide bonds. The van der Waals surface area contributed by atoms with Gasteiger partial charge in [0.2, 0.25) is 11.8 Å². The fraction of sp³-hybridized carbons (Fsp3) is 0.192. The number of carbonyl (C=O) groups is 3. The van der Waals surface area contributed by atoms with Crippen LogP contribution in [-0.2, 0) is 9.59 Å². The Labute approximate surface area is 244 Å². The molecule has 1 fully saturated rings. The van der Waals surface area contributed by atoms with Crippen molar-refractivity contribution in [2.75, 3.05) is 16.0 Å². The third-order valence-electron chi connectivity index (χ3n) is 6.04. The number of rotatable bonds is 7. The Hall–Kier alpha value is -2.79. The lowest BCUT2D eigenvalue weighted by atomic mass is 10.1. The standard InChI is InChI=1S/C26H18BrCl3F3N3O3/c1-2-19(37)36-23-17(32)7-8-18(22(23)33)35-24(38)13-10-12(4-5-15(13)28)34-25(39)21-20(26(21,29)30)11-3-6-16(31)14(27)9-11/h3-10,20-21H,2H2,1H3,(H,34,39)(H,35,38)(H,36,37)/t20-,21+/m0/s1. The van der Waals surface area contributed by atoms with E-state index < -0.39 is 62.7 Å². The molecule has 3 aromatic carbocycles. The van der Waals surface area contributed by atoms with E-state index in [4.69, 9.17) is 34.8 Å². The average Bonchev–Trinajstić information content (AvgIpc) is 3.47. The third kappa shape index (κ3) is 6.04. The number of amides is 3. The van der Waals surface area contributed by atoms with Crippen molar-refractivity contribution >= 4 is 85.5 Å². The van der Waals surface area contributed by atoms with Gasteiger partial charge in [-0.3, -0.25) is 14.4 Å². The molecule has 0 radical (unpaired) electrons. The SMILES string of the molecule is CCC(=O)Nc1c(F)ccc(NC(=O)c2cc(NC(=O)[C@H]3[C@H](c4ccc(F)c(Br)c4)C3(Cl)Cl)ccc2Cl)c1F. The van der Waals surface area contributed by atoms with E-state index in [2.05, 4.69) is 31.9 Å². The fourth-order valence-corrected chi connectivity index (χ4v) is 5.38. The molecule has 0 aliphatic heterocycles. The summed E-state index contributed by atoms with van der Waals surface area (Å²) < 4.78 is 41.3. The van der Waals surface area contributed by atoms with Gasteiger partial charge < -0.3 is 16.0 Å². The summed E-state index contributed by atoms with van der Waals surface area (Å²) in [4.78, 5) is 37.5. The summed E-state index contributed by atoms with van der Waals surface area (Å²) >= 11 is 22.0. The lowest BCUT2D eigenvalue weighted by molar-refractivity contribution is -0.117. The van der Waals surface area contributed by atoms with E-state index in [9.17, 15) is 27.6 Å². The van der Waals surface area contributed by atoms with E-state index >= 15 is 0 Å². The van der Waals surface area contributed by atoms with Crippen LogP contribution in [0, 0.1) is 23.4 Å². The Kier molecular flexibility index (Phi) is 8.51. The van der Waals surface area contributed by atoms with Crippen molar-refractivity contribution in [1.82, 2.24) is 0 Å². The monoisotopic (exact) mass is 661 g/mol. The van der Waals surface area contributed by atoms with Crippen LogP contribution in [0.4, 0.5) is 30.2 Å². The molecule has 0 bridgehead atoms. The predicted molar refractivity (Wildman–Crippen MR) is 148 cm³/mol. The topological polar surface area (TPSA) is 87.3 Å². The summed E-state index contributed by atoms with van der Waals surface area (Å²) in [5.74, 6) is -6.21. The highest BCUT2D eigenvalue weighted by Gasteiger charge is 2.67. The molecule has 204 valence electrons. The van der Waals surface area contributed by atoms with Crippen LogP contribution in [0.2, 0.25) is 5.02 Å². The second kappa shape index (κ2) is 11.4. The van der Waals surface area contributed by atoms with Crippen LogP contribution in [0.3, 0.4) is 0 Å². The number of anilines is 3. The van der Waals surface area contributed by atoms with E-state index in [1.54, 1.807) is 0 Å². The fourth-order valence-electron chi connectivity index (χ4n) is 3.95. The van der Waals surface area contributed by atoms with Gasteiger partial charge in [0.15, 0.2) is 5.82 Å². The van der Waals surface area contributed by atoms with Gasteiger partial charge in [-0.05, 0) is 64.0 Å². The lowest BCUT2D eigenvalue weighted by Crippen LogP contribution is -2.19. The molecule has 1 saturated carbocycles. The molecular weight excluding hydrogens is 646 g/mol. The van der Waals surface area contributed by atoms with Gasteiger partial charge >= 0.3 is 0 Å². The Bertz CT molecular complexity index is 1510. The second-order valence-corrected chi connectivity index (χ2v) is 11.3. The first-order valence-corrected chi connectivity index (χ1v) is 13.3. The molecule has 39 heavy (non-hydrogen) atoms. The van der Waals surface area contributed by atoms with Crippen LogP contribution in [-0.4, -0.2) is 22.1 Å². The summed E-state index contributed by atoms with van der Waals surface area (Å²) in [6, 6.07) is 10.1. The Balaban J connectivity index is 1.52. The normalized spacial score (nSPS) is 17.3. The first-order chi connectivity index (χ1) is 18.3. The molecule has 1 aliphatic carbocycles. The molecule has 3 N–H and O–H groups in total. The zero-order valence-electron chi connectivity index (χ0n) is 19.9. The molecule has 4 rings (SSSR count). The van der Waals surface area contributed by atoms with Crippen LogP contribution < -0.4 is 16.0 Å². The minimum Gasteiger partial charge on any atom is -0.326 e. The number of halogens is 7. The van der Waals surface area contributed by atoms with Gasteiger partial charge in [0.25, 0.3) is 5.91 Å². The molecule has 0 aromatic heterocycles. The van der Waals surface area contributed by atoms with Gasteiger partial charge in [-0.15, -0.1) is 23.2 Å². The van der Waals surface area contributed by atoms with Crippen molar-refractivity contribution in [1.29, 1.82) is 0 Å². The second-order valence-electron chi connectivity index (χ2n) is 8.63. The smallest absolute Gasteiger partial charge is 0.257 e. The molecule has 13 heteroatoms. The maximum Gasteiger partial charge on any atom is 0.257 e. The molecule has 0 spiro atoms. The zero-order chi connectivity index (χ0) is 28.6. The predicted octanol–water partition coefficient (Wildman–Crippen LogP) is 7.65. The van der Waals surface area contributed by atoms with Crippen LogP contribution in [0.1, 0.15) is 35.2 Å². The quantitative estimate of drug-likeness (QED) is 0.227. The Morgan fingerprint density at radius 1 is 0.949 bits per heavy atom. The van der Waals surface area contributed by atoms with Crippen molar-refractivity contribution in [3.63, 3.8) is 0 Å². The first-order valence-electron chi connectivity index (χ1n) is 11.4. The van der Waals surface area contributed by atoms with Crippen LogP contribution in [0.25, 0.3) is 0 Å². The van der Waals surface area contributed by atoms with Crippen LogP contribution >= 0.6 is 50.7 Å². The van der Waals surface area contributed by atoms with Gasteiger partial charge in [0.1, 0.15) is 21.7 Å². The van der Waals surface area contributed by atoms with Crippen molar-refractivity contribution < 1.29 is 27.6 Å². The van der Waals surface area contributed by atoms with E-state index in [1.807, 2.05) is 0 Å². The number of hydrogen-bond acceptors (Lipinski definition) is 3. The molecule has 0 saturated heterocycles. The molecule has 1 aliphatic rings. The summed E-state index contributed by atoms with van der Waals surface area (Å²) in [5.41, 5.74) is -0.515. The van der Waals surface area contributed by atoms with Crippen LogP contribution in [0.15, 0.2) is 53.0 Å². The summed E-state index contributed by atoms with van der Waals surface area (Å²) in [7, 11) is 0. The average molecular weight is 664 g/mol. The molecular formula is C26H18BrCl3F3N3O3. The number of nitrogens with one attached hydrogen (secondary N) is 3. The van der Waals surface area contributed by atoms with E-state index in [0.29, 0.717) is 5.56 Å². The summed E-state index contributed by atoms with van der Waals surface area (Å²) in [6.07, 6.45) is -0.0127. The van der Waals surface area contributed by atoms with Crippen LogP contribution in [0.5, 0.6) is 0 Å². The number of hydrogen-bond donors (Lipinski definition) is 3. The maximum absolute atomic E-state index is 14.8. The van der Waals surface area contributed by atoms with Gasteiger partial charge in [-0.25, -0.2) is 13.2 Å². The number of carbonyl (C=O) groups excluding carboxylic acids is 3. The molecule has 6 nitrogen and oxygen atoms in total. The van der Waals surface area contributed by atoms with Gasteiger partial charge in [-0.2, -0.15) is 0 Å². The third-order valence-corrected chi connectivity index (χ3v) is 7.92.